The van der Waals surface area contributed by atoms with Crippen LogP contribution in [0.4, 0.5) is 5.69 Å². The number of nitrogens with one attached hydrogen (secondary N) is 2. The highest BCUT2D eigenvalue weighted by Gasteiger charge is 2.26. The molecule has 2 saturated heterocycles. The largest absolute Gasteiger partial charge is 0.474 e. The van der Waals surface area contributed by atoms with E-state index in [2.05, 4.69) is 38.7 Å². The molecule has 4 heterocycles. The van der Waals surface area contributed by atoms with Crippen LogP contribution in [0.25, 0.3) is 22.4 Å². The number of anilines is 1. The van der Waals surface area contributed by atoms with E-state index >= 15 is 0 Å². The molecule has 0 aliphatic carbocycles. The summed E-state index contributed by atoms with van der Waals surface area (Å²) >= 11 is 0. The minimum absolute atomic E-state index is 0.0904. The Balaban J connectivity index is 1.37. The number of ether oxygens (including phenoxy) is 1. The number of piperidine rings is 1. The maximum Gasteiger partial charge on any atom is 0.301 e. The fourth-order valence-electron chi connectivity index (χ4n) is 4.75. The lowest BCUT2D eigenvalue weighted by molar-refractivity contribution is 0.0824. The van der Waals surface area contributed by atoms with E-state index < -0.39 is 10.2 Å². The maximum absolute atomic E-state index is 12.6. The number of aryl methyl sites for hydroxylation is 1. The van der Waals surface area contributed by atoms with Crippen molar-refractivity contribution in [2.75, 3.05) is 30.9 Å². The number of aromatic amines is 1. The molecule has 0 amide bonds. The summed E-state index contributed by atoms with van der Waals surface area (Å²) in [4.78, 5) is 11.9. The standard InChI is InChI=1S/C24H33N7O3S/c1-16(2)30-14-10-20(11-15-30)34-24-21-17(3)27-28-23(21)25-22(26-24)18-6-8-19(9-7-18)29-35(32,33)31-12-4-5-13-31/h6-9,16,20,29H,4-5,10-15H2,1-3H3,(H,25,26,27,28). The van der Waals surface area contributed by atoms with Gasteiger partial charge in [-0.3, -0.25) is 9.82 Å². The van der Waals surface area contributed by atoms with Gasteiger partial charge in [0, 0.05) is 43.5 Å². The summed E-state index contributed by atoms with van der Waals surface area (Å²) in [6.45, 7) is 9.48. The molecular weight excluding hydrogens is 466 g/mol. The molecule has 2 aliphatic heterocycles. The van der Waals surface area contributed by atoms with Crippen LogP contribution in [0.5, 0.6) is 5.88 Å². The Morgan fingerprint density at radius 3 is 2.40 bits per heavy atom. The molecule has 0 unspecified atom stereocenters. The lowest BCUT2D eigenvalue weighted by Crippen LogP contribution is -2.41. The summed E-state index contributed by atoms with van der Waals surface area (Å²) in [7, 11) is -3.53. The van der Waals surface area contributed by atoms with Crippen molar-refractivity contribution in [3.8, 4) is 17.3 Å². The summed E-state index contributed by atoms with van der Waals surface area (Å²) in [5, 5.41) is 8.10. The molecule has 2 fully saturated rings. The van der Waals surface area contributed by atoms with Gasteiger partial charge in [0.1, 0.15) is 11.5 Å². The maximum atomic E-state index is 12.6. The fraction of sp³-hybridized carbons (Fsp3) is 0.542. The molecular formula is C24H33N7O3S. The van der Waals surface area contributed by atoms with Crippen molar-refractivity contribution in [1.29, 1.82) is 0 Å². The monoisotopic (exact) mass is 499 g/mol. The number of likely N-dealkylation sites (tertiary alicyclic amines) is 1. The van der Waals surface area contributed by atoms with Gasteiger partial charge < -0.3 is 9.64 Å². The van der Waals surface area contributed by atoms with Gasteiger partial charge in [0.15, 0.2) is 11.5 Å². The Hall–Kier alpha value is -2.76. The van der Waals surface area contributed by atoms with Gasteiger partial charge in [-0.25, -0.2) is 4.98 Å². The zero-order valence-electron chi connectivity index (χ0n) is 20.5. The number of fused-ring (bicyclic) bond motifs is 1. The zero-order valence-corrected chi connectivity index (χ0v) is 21.3. The molecule has 0 spiro atoms. The van der Waals surface area contributed by atoms with Gasteiger partial charge in [-0.05, 0) is 70.7 Å². The minimum Gasteiger partial charge on any atom is -0.474 e. The molecule has 35 heavy (non-hydrogen) atoms. The first-order valence-electron chi connectivity index (χ1n) is 12.3. The van der Waals surface area contributed by atoms with Crippen molar-refractivity contribution < 1.29 is 13.2 Å². The smallest absolute Gasteiger partial charge is 0.301 e. The first-order valence-corrected chi connectivity index (χ1v) is 13.8. The normalized spacial score (nSPS) is 18.5. The number of hydrogen-bond donors (Lipinski definition) is 2. The van der Waals surface area contributed by atoms with Crippen LogP contribution in [0.3, 0.4) is 0 Å². The minimum atomic E-state index is -3.53. The Bertz CT molecular complexity index is 1280. The van der Waals surface area contributed by atoms with Crippen LogP contribution in [0, 0.1) is 6.92 Å². The van der Waals surface area contributed by atoms with Gasteiger partial charge in [0.2, 0.25) is 5.88 Å². The topological polar surface area (TPSA) is 116 Å². The number of rotatable bonds is 7. The first kappa shape index (κ1) is 24.0. The average molecular weight is 500 g/mol. The number of nitrogens with zero attached hydrogens (tertiary/aromatic N) is 5. The predicted molar refractivity (Wildman–Crippen MR) is 136 cm³/mol. The average Bonchev–Trinajstić information content (AvgIpc) is 3.51. The summed E-state index contributed by atoms with van der Waals surface area (Å²) in [6, 6.07) is 7.63. The van der Waals surface area contributed by atoms with Crippen molar-refractivity contribution in [2.24, 2.45) is 0 Å². The van der Waals surface area contributed by atoms with E-state index in [1.807, 2.05) is 19.1 Å². The highest BCUT2D eigenvalue weighted by Crippen LogP contribution is 2.30. The molecule has 2 aromatic heterocycles. The molecule has 10 nitrogen and oxygen atoms in total. The Morgan fingerprint density at radius 1 is 1.06 bits per heavy atom. The second-order valence-corrected chi connectivity index (χ2v) is 11.3. The van der Waals surface area contributed by atoms with E-state index in [0.29, 0.717) is 42.2 Å². The third-order valence-corrected chi connectivity index (χ3v) is 8.39. The highest BCUT2D eigenvalue weighted by molar-refractivity contribution is 7.90. The van der Waals surface area contributed by atoms with Crippen molar-refractivity contribution in [3.05, 3.63) is 30.0 Å². The van der Waals surface area contributed by atoms with Crippen LogP contribution >= 0.6 is 0 Å². The third-order valence-electron chi connectivity index (χ3n) is 6.85. The van der Waals surface area contributed by atoms with Crippen molar-refractivity contribution in [2.45, 2.75) is 58.6 Å². The van der Waals surface area contributed by atoms with Crippen LogP contribution in [0.15, 0.2) is 24.3 Å². The van der Waals surface area contributed by atoms with E-state index in [0.717, 1.165) is 55.4 Å². The summed E-state index contributed by atoms with van der Waals surface area (Å²) in [5.74, 6) is 1.04. The lowest BCUT2D eigenvalue weighted by atomic mass is 10.1. The summed E-state index contributed by atoms with van der Waals surface area (Å²) in [6.07, 6.45) is 3.78. The summed E-state index contributed by atoms with van der Waals surface area (Å²) in [5.41, 5.74) is 2.70. The third kappa shape index (κ3) is 5.12. The van der Waals surface area contributed by atoms with Gasteiger partial charge >= 0.3 is 10.2 Å². The first-order chi connectivity index (χ1) is 16.8. The van der Waals surface area contributed by atoms with Gasteiger partial charge in [-0.15, -0.1) is 0 Å². The molecule has 0 radical (unpaired) electrons. The number of benzene rings is 1. The van der Waals surface area contributed by atoms with Crippen molar-refractivity contribution >= 4 is 26.9 Å². The fourth-order valence-corrected chi connectivity index (χ4v) is 6.05. The summed E-state index contributed by atoms with van der Waals surface area (Å²) < 4.78 is 35.7. The van der Waals surface area contributed by atoms with Gasteiger partial charge in [-0.2, -0.15) is 22.8 Å². The number of hydrogen-bond acceptors (Lipinski definition) is 7. The second kappa shape index (κ2) is 9.71. The van der Waals surface area contributed by atoms with Crippen LogP contribution in [-0.2, 0) is 10.2 Å². The van der Waals surface area contributed by atoms with E-state index in [4.69, 9.17) is 9.72 Å². The zero-order chi connectivity index (χ0) is 24.6. The van der Waals surface area contributed by atoms with Crippen molar-refractivity contribution in [3.63, 3.8) is 0 Å². The number of H-pyrrole nitrogens is 1. The Morgan fingerprint density at radius 2 is 1.74 bits per heavy atom. The highest BCUT2D eigenvalue weighted by atomic mass is 32.2. The number of aromatic nitrogens is 4. The Kier molecular flexibility index (Phi) is 6.65. The van der Waals surface area contributed by atoms with E-state index in [9.17, 15) is 8.42 Å². The van der Waals surface area contributed by atoms with Crippen LogP contribution in [0.2, 0.25) is 0 Å². The van der Waals surface area contributed by atoms with Crippen LogP contribution in [0.1, 0.15) is 45.2 Å². The molecule has 5 rings (SSSR count). The Labute approximate surface area is 206 Å². The quantitative estimate of drug-likeness (QED) is 0.512. The molecule has 1 aromatic carbocycles. The van der Waals surface area contributed by atoms with Gasteiger partial charge in [0.05, 0.1) is 5.69 Å². The van der Waals surface area contributed by atoms with E-state index in [1.165, 1.54) is 4.31 Å². The molecule has 3 aromatic rings. The van der Waals surface area contributed by atoms with Crippen molar-refractivity contribution in [1.82, 2.24) is 29.4 Å². The second-order valence-electron chi connectivity index (χ2n) is 9.62. The molecule has 0 saturated carbocycles. The molecule has 0 atom stereocenters. The molecule has 188 valence electrons. The van der Waals surface area contributed by atoms with Crippen LogP contribution in [-0.4, -0.2) is 76.1 Å². The SMILES string of the molecule is Cc1n[nH]c2nc(-c3ccc(NS(=O)(=O)N4CCCC4)cc3)nc(OC3CCN(C(C)C)CC3)c12. The molecule has 2 N–H and O–H groups in total. The van der Waals surface area contributed by atoms with E-state index in [1.54, 1.807) is 12.1 Å². The lowest BCUT2D eigenvalue weighted by Gasteiger charge is -2.34. The van der Waals surface area contributed by atoms with E-state index in [-0.39, 0.29) is 6.10 Å². The molecule has 11 heteroatoms. The molecule has 2 aliphatic rings. The predicted octanol–water partition coefficient (Wildman–Crippen LogP) is 3.33. The molecule has 0 bridgehead atoms. The van der Waals surface area contributed by atoms with Crippen LogP contribution < -0.4 is 9.46 Å². The van der Waals surface area contributed by atoms with Gasteiger partial charge in [-0.1, -0.05) is 0 Å². The van der Waals surface area contributed by atoms with Gasteiger partial charge in [0.25, 0.3) is 0 Å².